The first kappa shape index (κ1) is 10.4. The number of rotatable bonds is 6. The molecular formula is C9H18O2S. The molecule has 0 aromatic rings. The highest BCUT2D eigenvalue weighted by Gasteiger charge is 2.41. The molecule has 1 aliphatic rings. The molecule has 0 aliphatic heterocycles. The lowest BCUT2D eigenvalue weighted by Crippen LogP contribution is -2.21. The summed E-state index contributed by atoms with van der Waals surface area (Å²) >= 11 is 4.31. The van der Waals surface area contributed by atoms with Gasteiger partial charge in [-0.3, -0.25) is 0 Å². The van der Waals surface area contributed by atoms with Crippen LogP contribution in [0.4, 0.5) is 0 Å². The third-order valence-electron chi connectivity index (χ3n) is 2.37. The minimum atomic E-state index is 0.215. The Balaban J connectivity index is 2.08. The second-order valence-corrected chi connectivity index (χ2v) is 4.05. The maximum absolute atomic E-state index is 5.63. The first-order chi connectivity index (χ1) is 5.72. The zero-order valence-corrected chi connectivity index (χ0v) is 8.77. The van der Waals surface area contributed by atoms with Crippen LogP contribution in [0.5, 0.6) is 0 Å². The van der Waals surface area contributed by atoms with Crippen LogP contribution < -0.4 is 0 Å². The highest BCUT2D eigenvalue weighted by molar-refractivity contribution is 7.80. The van der Waals surface area contributed by atoms with Crippen LogP contribution in [0.1, 0.15) is 19.8 Å². The fourth-order valence-corrected chi connectivity index (χ4v) is 1.53. The largest absolute Gasteiger partial charge is 0.382 e. The van der Waals surface area contributed by atoms with E-state index < -0.39 is 0 Å². The van der Waals surface area contributed by atoms with Gasteiger partial charge >= 0.3 is 0 Å². The van der Waals surface area contributed by atoms with Gasteiger partial charge in [-0.15, -0.1) is 0 Å². The fourth-order valence-electron chi connectivity index (χ4n) is 1.13. The maximum Gasteiger partial charge on any atom is 0.0780 e. The fraction of sp³-hybridized carbons (Fsp3) is 1.00. The molecule has 1 unspecified atom stereocenters. The van der Waals surface area contributed by atoms with Crippen LogP contribution in [0.15, 0.2) is 0 Å². The zero-order chi connectivity index (χ0) is 9.03. The lowest BCUT2D eigenvalue weighted by molar-refractivity contribution is -0.00787. The molecule has 0 spiro atoms. The molecule has 2 nitrogen and oxygen atoms in total. The topological polar surface area (TPSA) is 18.5 Å². The van der Waals surface area contributed by atoms with Crippen molar-refractivity contribution in [2.24, 2.45) is 5.41 Å². The molecule has 1 aliphatic carbocycles. The third-order valence-corrected chi connectivity index (χ3v) is 3.04. The van der Waals surface area contributed by atoms with Gasteiger partial charge in [-0.05, 0) is 25.5 Å². The average Bonchev–Trinajstić information content (AvgIpc) is 2.82. The number of thiol groups is 1. The van der Waals surface area contributed by atoms with Crippen molar-refractivity contribution in [1.82, 2.24) is 0 Å². The van der Waals surface area contributed by atoms with Crippen LogP contribution in [0.25, 0.3) is 0 Å². The number of hydrogen-bond donors (Lipinski definition) is 1. The van der Waals surface area contributed by atoms with Crippen molar-refractivity contribution in [3.63, 3.8) is 0 Å². The van der Waals surface area contributed by atoms with Crippen LogP contribution in [-0.2, 0) is 9.47 Å². The molecular weight excluding hydrogens is 172 g/mol. The van der Waals surface area contributed by atoms with E-state index in [9.17, 15) is 0 Å². The SMILES string of the molecule is COCC(C)OCC1(CS)CC1. The van der Waals surface area contributed by atoms with Crippen molar-refractivity contribution in [2.45, 2.75) is 25.9 Å². The van der Waals surface area contributed by atoms with Crippen molar-refractivity contribution in [3.8, 4) is 0 Å². The molecule has 0 radical (unpaired) electrons. The molecule has 0 amide bonds. The van der Waals surface area contributed by atoms with Gasteiger partial charge in [0.25, 0.3) is 0 Å². The molecule has 3 heteroatoms. The summed E-state index contributed by atoms with van der Waals surface area (Å²) in [5, 5.41) is 0. The third kappa shape index (κ3) is 2.96. The van der Waals surface area contributed by atoms with E-state index in [0.29, 0.717) is 12.0 Å². The summed E-state index contributed by atoms with van der Waals surface area (Å²) in [5.74, 6) is 0.951. The summed E-state index contributed by atoms with van der Waals surface area (Å²) in [6.07, 6.45) is 2.76. The lowest BCUT2D eigenvalue weighted by atomic mass is 10.2. The average molecular weight is 190 g/mol. The summed E-state index contributed by atoms with van der Waals surface area (Å²) in [6.45, 7) is 3.57. The minimum Gasteiger partial charge on any atom is -0.382 e. The van der Waals surface area contributed by atoms with E-state index in [4.69, 9.17) is 9.47 Å². The van der Waals surface area contributed by atoms with Gasteiger partial charge in [0.05, 0.1) is 19.3 Å². The Hall–Kier alpha value is 0.270. The van der Waals surface area contributed by atoms with Crippen molar-refractivity contribution in [1.29, 1.82) is 0 Å². The summed E-state index contributed by atoms with van der Waals surface area (Å²) < 4.78 is 10.6. The first-order valence-electron chi connectivity index (χ1n) is 4.44. The monoisotopic (exact) mass is 190 g/mol. The Bertz CT molecular complexity index is 134. The van der Waals surface area contributed by atoms with Gasteiger partial charge in [0, 0.05) is 12.5 Å². The van der Waals surface area contributed by atoms with E-state index in [2.05, 4.69) is 12.6 Å². The summed E-state index contributed by atoms with van der Waals surface area (Å²) in [7, 11) is 1.70. The molecule has 1 saturated carbocycles. The van der Waals surface area contributed by atoms with E-state index in [1.807, 2.05) is 6.92 Å². The van der Waals surface area contributed by atoms with Gasteiger partial charge < -0.3 is 9.47 Å². The van der Waals surface area contributed by atoms with Gasteiger partial charge in [0.1, 0.15) is 0 Å². The molecule has 1 rings (SSSR count). The normalized spacial score (nSPS) is 22.2. The quantitative estimate of drug-likeness (QED) is 0.643. The van der Waals surface area contributed by atoms with Crippen LogP contribution in [0.2, 0.25) is 0 Å². The van der Waals surface area contributed by atoms with Crippen molar-refractivity contribution in [2.75, 3.05) is 26.1 Å². The second kappa shape index (κ2) is 4.49. The van der Waals surface area contributed by atoms with Crippen LogP contribution in [0.3, 0.4) is 0 Å². The molecule has 0 aromatic carbocycles. The predicted octanol–water partition coefficient (Wildman–Crippen LogP) is 1.75. The predicted molar refractivity (Wildman–Crippen MR) is 52.8 cm³/mol. The summed E-state index contributed by atoms with van der Waals surface area (Å²) in [5.41, 5.74) is 0.408. The molecule has 1 fully saturated rings. The Morgan fingerprint density at radius 2 is 2.17 bits per heavy atom. The van der Waals surface area contributed by atoms with Crippen molar-refractivity contribution >= 4 is 12.6 Å². The molecule has 0 N–H and O–H groups in total. The van der Waals surface area contributed by atoms with Gasteiger partial charge in [-0.2, -0.15) is 12.6 Å². The Morgan fingerprint density at radius 3 is 2.58 bits per heavy atom. The minimum absolute atomic E-state index is 0.215. The van der Waals surface area contributed by atoms with Crippen molar-refractivity contribution < 1.29 is 9.47 Å². The first-order valence-corrected chi connectivity index (χ1v) is 5.07. The van der Waals surface area contributed by atoms with E-state index in [-0.39, 0.29) is 6.10 Å². The van der Waals surface area contributed by atoms with Crippen LogP contribution >= 0.6 is 12.6 Å². The standard InChI is InChI=1S/C9H18O2S/c1-8(5-10-2)11-6-9(7-12)3-4-9/h8,12H,3-7H2,1-2H3. The molecule has 72 valence electrons. The van der Waals surface area contributed by atoms with Crippen LogP contribution in [0, 0.1) is 5.41 Å². The Kier molecular flexibility index (Phi) is 3.87. The molecule has 0 saturated heterocycles. The molecule has 0 aromatic heterocycles. The molecule has 1 atom stereocenters. The van der Waals surface area contributed by atoms with Gasteiger partial charge in [-0.25, -0.2) is 0 Å². The zero-order valence-electron chi connectivity index (χ0n) is 7.88. The summed E-state index contributed by atoms with van der Waals surface area (Å²) in [6, 6.07) is 0. The molecule has 0 bridgehead atoms. The van der Waals surface area contributed by atoms with E-state index in [1.165, 1.54) is 12.8 Å². The molecule has 0 heterocycles. The number of hydrogen-bond acceptors (Lipinski definition) is 3. The van der Waals surface area contributed by atoms with Gasteiger partial charge in [0.2, 0.25) is 0 Å². The van der Waals surface area contributed by atoms with E-state index in [0.717, 1.165) is 12.4 Å². The Morgan fingerprint density at radius 1 is 1.50 bits per heavy atom. The highest BCUT2D eigenvalue weighted by atomic mass is 32.1. The maximum atomic E-state index is 5.63. The second-order valence-electron chi connectivity index (χ2n) is 3.74. The van der Waals surface area contributed by atoms with E-state index >= 15 is 0 Å². The molecule has 12 heavy (non-hydrogen) atoms. The Labute approximate surface area is 80.0 Å². The highest BCUT2D eigenvalue weighted by Crippen LogP contribution is 2.46. The smallest absolute Gasteiger partial charge is 0.0780 e. The van der Waals surface area contributed by atoms with Gasteiger partial charge in [0.15, 0.2) is 0 Å². The lowest BCUT2D eigenvalue weighted by Gasteiger charge is -2.16. The number of methoxy groups -OCH3 is 1. The van der Waals surface area contributed by atoms with Crippen molar-refractivity contribution in [3.05, 3.63) is 0 Å². The van der Waals surface area contributed by atoms with Gasteiger partial charge in [-0.1, -0.05) is 0 Å². The van der Waals surface area contributed by atoms with Crippen LogP contribution in [-0.4, -0.2) is 32.2 Å². The number of ether oxygens (including phenoxy) is 2. The summed E-state index contributed by atoms with van der Waals surface area (Å²) in [4.78, 5) is 0. The van der Waals surface area contributed by atoms with E-state index in [1.54, 1.807) is 7.11 Å².